The third-order valence-corrected chi connectivity index (χ3v) is 5.90. The van der Waals surface area contributed by atoms with Gasteiger partial charge in [-0.2, -0.15) is 0 Å². The van der Waals surface area contributed by atoms with E-state index in [0.29, 0.717) is 40.0 Å². The predicted octanol–water partition coefficient (Wildman–Crippen LogP) is 2.57. The van der Waals surface area contributed by atoms with Crippen LogP contribution in [0, 0.1) is 12.8 Å². The van der Waals surface area contributed by atoms with Crippen LogP contribution < -0.4 is 16.2 Å². The quantitative estimate of drug-likeness (QED) is 0.650. The van der Waals surface area contributed by atoms with Crippen LogP contribution in [0.25, 0.3) is 22.4 Å². The van der Waals surface area contributed by atoms with Crippen molar-refractivity contribution in [1.29, 1.82) is 0 Å². The molecule has 3 heterocycles. The van der Waals surface area contributed by atoms with E-state index in [0.717, 1.165) is 31.4 Å². The van der Waals surface area contributed by atoms with Crippen molar-refractivity contribution < 1.29 is 9.32 Å². The Morgan fingerprint density at radius 3 is 2.96 bits per heavy atom. The summed E-state index contributed by atoms with van der Waals surface area (Å²) in [4.78, 5) is 17.8. The average molecular weight is 377 g/mol. The third kappa shape index (κ3) is 3.06. The summed E-state index contributed by atoms with van der Waals surface area (Å²) in [5.41, 5.74) is 9.87. The van der Waals surface area contributed by atoms with Gasteiger partial charge >= 0.3 is 0 Å². The smallest absolute Gasteiger partial charge is 0.259 e. The van der Waals surface area contributed by atoms with Gasteiger partial charge in [0.15, 0.2) is 0 Å². The van der Waals surface area contributed by atoms with Gasteiger partial charge in [0.2, 0.25) is 0 Å². The normalized spacial score (nSPS) is 24.2. The summed E-state index contributed by atoms with van der Waals surface area (Å²) in [6, 6.07) is 12.4. The lowest BCUT2D eigenvalue weighted by Crippen LogP contribution is -2.44. The fourth-order valence-electron chi connectivity index (χ4n) is 4.43. The highest BCUT2D eigenvalue weighted by Gasteiger charge is 2.34. The first-order chi connectivity index (χ1) is 13.7. The number of benzene rings is 1. The third-order valence-electron chi connectivity index (χ3n) is 5.90. The highest BCUT2D eigenvalue weighted by atomic mass is 16.5. The second-order valence-corrected chi connectivity index (χ2v) is 7.74. The molecule has 3 atom stereocenters. The molecule has 1 aliphatic heterocycles. The van der Waals surface area contributed by atoms with Crippen molar-refractivity contribution in [2.45, 2.75) is 38.3 Å². The van der Waals surface area contributed by atoms with Gasteiger partial charge in [-0.05, 0) is 38.2 Å². The zero-order valence-electron chi connectivity index (χ0n) is 15.7. The SMILES string of the molecule is Cc1noc2nc(-c3ccccc3)cc(C(=O)NC3CCC4NNCC4C3)c12. The Balaban J connectivity index is 1.47. The molecule has 0 bridgehead atoms. The Bertz CT molecular complexity index is 1020. The number of hydrogen-bond acceptors (Lipinski definition) is 6. The number of rotatable bonds is 3. The van der Waals surface area contributed by atoms with E-state index in [1.165, 1.54) is 0 Å². The van der Waals surface area contributed by atoms with Gasteiger partial charge in [0.05, 0.1) is 22.3 Å². The molecule has 144 valence electrons. The lowest BCUT2D eigenvalue weighted by atomic mass is 9.83. The standard InChI is InChI=1S/C21H23N5O2/c1-12-19-16(20(27)23-15-7-8-17-14(9-15)11-22-25-17)10-18(24-21(19)28-26-12)13-5-3-2-4-6-13/h2-6,10,14-15,17,22,25H,7-9,11H2,1H3,(H,23,27). The van der Waals surface area contributed by atoms with Gasteiger partial charge in [0, 0.05) is 24.2 Å². The molecule has 1 aromatic carbocycles. The van der Waals surface area contributed by atoms with Crippen LogP contribution in [0.1, 0.15) is 35.3 Å². The van der Waals surface area contributed by atoms with Crippen LogP contribution >= 0.6 is 0 Å². The lowest BCUT2D eigenvalue weighted by molar-refractivity contribution is 0.0920. The summed E-state index contributed by atoms with van der Waals surface area (Å²) in [5.74, 6) is 0.479. The number of pyridine rings is 1. The van der Waals surface area contributed by atoms with Gasteiger partial charge in [0.25, 0.3) is 11.6 Å². The van der Waals surface area contributed by atoms with Crippen LogP contribution in [0.5, 0.6) is 0 Å². The van der Waals surface area contributed by atoms with E-state index in [4.69, 9.17) is 4.52 Å². The molecule has 7 nitrogen and oxygen atoms in total. The molecule has 3 unspecified atom stereocenters. The molecule has 0 spiro atoms. The first-order valence-electron chi connectivity index (χ1n) is 9.81. The fraction of sp³-hybridized carbons (Fsp3) is 0.381. The molecule has 7 heteroatoms. The summed E-state index contributed by atoms with van der Waals surface area (Å²) in [6.07, 6.45) is 3.03. The molecule has 1 saturated carbocycles. The molecule has 0 radical (unpaired) electrons. The van der Waals surface area contributed by atoms with Gasteiger partial charge < -0.3 is 9.84 Å². The van der Waals surface area contributed by atoms with Crippen molar-refractivity contribution >= 4 is 17.0 Å². The zero-order valence-corrected chi connectivity index (χ0v) is 15.7. The second kappa shape index (κ2) is 7.00. The topological polar surface area (TPSA) is 92.1 Å². The Morgan fingerprint density at radius 1 is 1.25 bits per heavy atom. The maximum atomic E-state index is 13.2. The van der Waals surface area contributed by atoms with Crippen molar-refractivity contribution in [2.75, 3.05) is 6.54 Å². The van der Waals surface area contributed by atoms with Crippen molar-refractivity contribution in [3.8, 4) is 11.3 Å². The van der Waals surface area contributed by atoms with Crippen LogP contribution in [-0.2, 0) is 0 Å². The summed E-state index contributed by atoms with van der Waals surface area (Å²) in [7, 11) is 0. The van der Waals surface area contributed by atoms with E-state index in [1.54, 1.807) is 0 Å². The van der Waals surface area contributed by atoms with Crippen molar-refractivity contribution in [3.63, 3.8) is 0 Å². The molecule has 1 aliphatic carbocycles. The molecule has 2 fully saturated rings. The summed E-state index contributed by atoms with van der Waals surface area (Å²) in [5, 5.41) is 7.96. The van der Waals surface area contributed by atoms with E-state index < -0.39 is 0 Å². The predicted molar refractivity (Wildman–Crippen MR) is 105 cm³/mol. The summed E-state index contributed by atoms with van der Waals surface area (Å²) < 4.78 is 5.39. The number of carbonyl (C=O) groups excluding carboxylic acids is 1. The van der Waals surface area contributed by atoms with Gasteiger partial charge in [0.1, 0.15) is 0 Å². The zero-order chi connectivity index (χ0) is 19.1. The number of fused-ring (bicyclic) bond motifs is 2. The molecule has 3 N–H and O–H groups in total. The van der Waals surface area contributed by atoms with E-state index >= 15 is 0 Å². The highest BCUT2D eigenvalue weighted by molar-refractivity contribution is 6.07. The van der Waals surface area contributed by atoms with Crippen molar-refractivity contribution in [2.24, 2.45) is 5.92 Å². The Hall–Kier alpha value is -2.77. The molecule has 28 heavy (non-hydrogen) atoms. The van der Waals surface area contributed by atoms with Gasteiger partial charge in [-0.3, -0.25) is 15.6 Å². The lowest BCUT2D eigenvalue weighted by Gasteiger charge is -2.31. The van der Waals surface area contributed by atoms with Gasteiger partial charge in [-0.1, -0.05) is 35.5 Å². The molecular formula is C21H23N5O2. The van der Waals surface area contributed by atoms with Crippen LogP contribution in [-0.4, -0.2) is 34.7 Å². The minimum Gasteiger partial charge on any atom is -0.349 e. The van der Waals surface area contributed by atoms with Crippen LogP contribution in [0.15, 0.2) is 40.9 Å². The van der Waals surface area contributed by atoms with Crippen LogP contribution in [0.4, 0.5) is 0 Å². The maximum Gasteiger partial charge on any atom is 0.259 e. The Kier molecular flexibility index (Phi) is 4.33. The van der Waals surface area contributed by atoms with E-state index in [9.17, 15) is 4.79 Å². The fourth-order valence-corrected chi connectivity index (χ4v) is 4.43. The Labute approximate surface area is 162 Å². The van der Waals surface area contributed by atoms with Gasteiger partial charge in [-0.15, -0.1) is 0 Å². The largest absolute Gasteiger partial charge is 0.349 e. The molecule has 5 rings (SSSR count). The minimum atomic E-state index is -0.0850. The second-order valence-electron chi connectivity index (χ2n) is 7.74. The van der Waals surface area contributed by atoms with Crippen LogP contribution in [0.2, 0.25) is 0 Å². The molecule has 1 saturated heterocycles. The van der Waals surface area contributed by atoms with E-state index in [1.807, 2.05) is 43.3 Å². The monoisotopic (exact) mass is 377 g/mol. The Morgan fingerprint density at radius 2 is 2.11 bits per heavy atom. The summed E-state index contributed by atoms with van der Waals surface area (Å²) in [6.45, 7) is 2.80. The maximum absolute atomic E-state index is 13.2. The van der Waals surface area contributed by atoms with E-state index in [2.05, 4.69) is 26.3 Å². The molecule has 1 amide bonds. The first kappa shape index (κ1) is 17.3. The number of nitrogens with one attached hydrogen (secondary N) is 3. The summed E-state index contributed by atoms with van der Waals surface area (Å²) >= 11 is 0. The first-order valence-corrected chi connectivity index (χ1v) is 9.81. The molecule has 2 aliphatic rings. The van der Waals surface area contributed by atoms with Gasteiger partial charge in [-0.25, -0.2) is 4.98 Å². The average Bonchev–Trinajstić information content (AvgIpc) is 3.34. The molecule has 3 aromatic rings. The minimum absolute atomic E-state index is 0.0850. The number of aryl methyl sites for hydroxylation is 1. The number of amides is 1. The number of hydrogen-bond donors (Lipinski definition) is 3. The van der Waals surface area contributed by atoms with E-state index in [-0.39, 0.29) is 11.9 Å². The number of carbonyl (C=O) groups is 1. The number of hydrazine groups is 1. The number of aromatic nitrogens is 2. The van der Waals surface area contributed by atoms with Crippen molar-refractivity contribution in [1.82, 2.24) is 26.3 Å². The highest BCUT2D eigenvalue weighted by Crippen LogP contribution is 2.29. The molecular weight excluding hydrogens is 354 g/mol. The van der Waals surface area contributed by atoms with Crippen molar-refractivity contribution in [3.05, 3.63) is 47.7 Å². The number of nitrogens with zero attached hydrogens (tertiary/aromatic N) is 2. The van der Waals surface area contributed by atoms with Crippen LogP contribution in [0.3, 0.4) is 0 Å². The molecule has 2 aromatic heterocycles.